The van der Waals surface area contributed by atoms with Crippen molar-refractivity contribution in [3.63, 3.8) is 0 Å². The number of aliphatic hydroxyl groups is 11. The van der Waals surface area contributed by atoms with Gasteiger partial charge in [0.15, 0.2) is 18.9 Å². The number of nitrogens with one attached hydrogen (secondary N) is 1. The van der Waals surface area contributed by atoms with Crippen molar-refractivity contribution in [2.45, 2.75) is 349 Å². The molecule has 0 bridgehead atoms. The second kappa shape index (κ2) is 56.5. The summed E-state index contributed by atoms with van der Waals surface area (Å²) in [5.74, 6) is -0.291. The average Bonchev–Trinajstić information content (AvgIpc) is 0.799. The number of carbonyl (C=O) groups excluding carboxylic acids is 1. The van der Waals surface area contributed by atoms with Gasteiger partial charge in [0.05, 0.1) is 38.6 Å². The zero-order valence-corrected chi connectivity index (χ0v) is 58.1. The molecule has 3 heterocycles. The van der Waals surface area contributed by atoms with E-state index in [0.717, 1.165) is 77.0 Å². The molecule has 3 fully saturated rings. The Balaban J connectivity index is 1.35. The Morgan fingerprint density at radius 1 is 0.389 bits per heavy atom. The number of hydrogen-bond acceptors (Lipinski definition) is 18. The Morgan fingerprint density at radius 2 is 0.737 bits per heavy atom. The average molecular weight is 1350 g/mol. The first-order valence-electron chi connectivity index (χ1n) is 37.0. The fraction of sp³-hybridized carbons (Fsp3) is 0.776. The van der Waals surface area contributed by atoms with Crippen LogP contribution in [0.5, 0.6) is 0 Å². The molecule has 0 aromatic heterocycles. The number of amides is 1. The van der Waals surface area contributed by atoms with Gasteiger partial charge in [0, 0.05) is 6.42 Å². The van der Waals surface area contributed by atoms with Gasteiger partial charge < -0.3 is 89.9 Å². The minimum Gasteiger partial charge on any atom is -0.394 e. The second-order valence-electron chi connectivity index (χ2n) is 26.0. The van der Waals surface area contributed by atoms with E-state index in [2.05, 4.69) is 104 Å². The topological polar surface area (TPSA) is 307 Å². The van der Waals surface area contributed by atoms with Crippen molar-refractivity contribution in [2.75, 3.05) is 26.4 Å². The molecule has 19 nitrogen and oxygen atoms in total. The van der Waals surface area contributed by atoms with Gasteiger partial charge in [-0.3, -0.25) is 4.79 Å². The minimum atomic E-state index is -1.99. The first kappa shape index (κ1) is 85.9. The lowest BCUT2D eigenvalue weighted by molar-refractivity contribution is -0.379. The highest BCUT2D eigenvalue weighted by Gasteiger charge is 2.53. The number of rotatable bonds is 56. The van der Waals surface area contributed by atoms with Gasteiger partial charge in [0.1, 0.15) is 73.2 Å². The highest BCUT2D eigenvalue weighted by molar-refractivity contribution is 5.76. The van der Waals surface area contributed by atoms with Crippen molar-refractivity contribution in [1.82, 2.24) is 5.32 Å². The smallest absolute Gasteiger partial charge is 0.220 e. The van der Waals surface area contributed by atoms with Gasteiger partial charge in [-0.2, -0.15) is 0 Å². The Labute approximate surface area is 571 Å². The van der Waals surface area contributed by atoms with Crippen LogP contribution in [0.15, 0.2) is 97.2 Å². The molecule has 12 N–H and O–H groups in total. The Hall–Kier alpha value is -3.29. The molecule has 17 unspecified atom stereocenters. The molecule has 0 spiro atoms. The van der Waals surface area contributed by atoms with Crippen LogP contribution in [-0.2, 0) is 33.2 Å². The number of ether oxygens (including phenoxy) is 6. The Morgan fingerprint density at radius 3 is 1.18 bits per heavy atom. The van der Waals surface area contributed by atoms with E-state index in [0.29, 0.717) is 12.8 Å². The molecule has 0 aromatic rings. The van der Waals surface area contributed by atoms with Crippen LogP contribution in [0.1, 0.15) is 245 Å². The number of unbranched alkanes of at least 4 members (excludes halogenated alkanes) is 26. The highest BCUT2D eigenvalue weighted by atomic mass is 16.8. The van der Waals surface area contributed by atoms with Crippen LogP contribution < -0.4 is 5.32 Å². The second-order valence-corrected chi connectivity index (χ2v) is 26.0. The maximum atomic E-state index is 13.4. The summed E-state index contributed by atoms with van der Waals surface area (Å²) in [5.41, 5.74) is 0. The predicted octanol–water partition coefficient (Wildman–Crippen LogP) is 10.8. The first-order chi connectivity index (χ1) is 46.3. The molecule has 0 radical (unpaired) electrons. The lowest BCUT2D eigenvalue weighted by Crippen LogP contribution is -2.66. The molecule has 19 heteroatoms. The third-order valence-corrected chi connectivity index (χ3v) is 17.8. The summed E-state index contributed by atoms with van der Waals surface area (Å²) in [6.45, 7) is 1.57. The van der Waals surface area contributed by atoms with Crippen molar-refractivity contribution in [1.29, 1.82) is 0 Å². The number of carbonyl (C=O) groups is 1. The maximum Gasteiger partial charge on any atom is 0.220 e. The van der Waals surface area contributed by atoms with E-state index in [1.807, 2.05) is 6.08 Å². The van der Waals surface area contributed by atoms with E-state index >= 15 is 0 Å². The van der Waals surface area contributed by atoms with E-state index < -0.39 is 124 Å². The first-order valence-corrected chi connectivity index (χ1v) is 37.0. The molecule has 3 aliphatic heterocycles. The molecular formula is C76H131NO18. The van der Waals surface area contributed by atoms with Crippen LogP contribution in [0, 0.1) is 0 Å². The molecule has 3 rings (SSSR count). The van der Waals surface area contributed by atoms with Crippen molar-refractivity contribution >= 4 is 5.91 Å². The van der Waals surface area contributed by atoms with Crippen LogP contribution in [0.2, 0.25) is 0 Å². The van der Waals surface area contributed by atoms with Crippen molar-refractivity contribution in [3.8, 4) is 0 Å². The summed E-state index contributed by atoms with van der Waals surface area (Å²) >= 11 is 0. The number of aliphatic hydroxyl groups excluding tert-OH is 11. The fourth-order valence-electron chi connectivity index (χ4n) is 11.9. The van der Waals surface area contributed by atoms with E-state index in [4.69, 9.17) is 28.4 Å². The van der Waals surface area contributed by atoms with Gasteiger partial charge in [-0.05, 0) is 89.9 Å². The molecule has 3 saturated heterocycles. The summed E-state index contributed by atoms with van der Waals surface area (Å²) in [6.07, 6.45) is 48.3. The zero-order valence-electron chi connectivity index (χ0n) is 58.1. The predicted molar refractivity (Wildman–Crippen MR) is 374 cm³/mol. The minimum absolute atomic E-state index is 0.229. The largest absolute Gasteiger partial charge is 0.394 e. The third-order valence-electron chi connectivity index (χ3n) is 17.8. The standard InChI is InChI=1S/C76H131NO18/c1-3-5-7-9-11-13-15-17-19-20-21-22-23-24-25-26-27-28-29-30-31-32-33-34-35-36-37-38-40-42-44-46-48-50-52-54-64(82)77-59(60(81)53-51-49-47-45-43-41-39-18-16-14-12-10-8-6-4-2)58-90-74-70(88)67(85)72(62(56-79)92-74)95-76-71(89)68(86)73(63(57-80)93-76)94-75-69(87)66(84)65(83)61(55-78)91-75/h5,7,11,13,16-19,21-22,24-25,43,45,51,53,59-63,65-76,78-81,83-89H,3-4,6,8-10,12,14-15,20,23,26-42,44,46-50,52,54-58H2,1-2H3,(H,77,82)/b7-5-,13-11-,18-16+,19-17-,22-21-,25-24-,45-43+,53-51+. The molecular weight excluding hydrogens is 1210 g/mol. The lowest BCUT2D eigenvalue weighted by atomic mass is 9.96. The molecule has 0 saturated carbocycles. The van der Waals surface area contributed by atoms with Gasteiger partial charge >= 0.3 is 0 Å². The van der Waals surface area contributed by atoms with Gasteiger partial charge in [0.2, 0.25) is 5.91 Å². The SMILES string of the molecule is CC/C=C\C/C=C\C/C=C\C/C=C\C/C=C\CCCCCCCCCCCCCCCCCCCCCC(=O)NC(COC1OC(CO)C(OC2OC(CO)C(OC3OC(CO)C(O)C(O)C3O)C(O)C2O)C(O)C1O)C(O)/C=C/CC/C=C/CC/C=C/CCCCCCC. The summed E-state index contributed by atoms with van der Waals surface area (Å²) in [6, 6.07) is -1.000. The van der Waals surface area contributed by atoms with Gasteiger partial charge in [-0.15, -0.1) is 0 Å². The molecule has 0 aliphatic carbocycles. The number of hydrogen-bond donors (Lipinski definition) is 12. The van der Waals surface area contributed by atoms with Crippen molar-refractivity contribution in [3.05, 3.63) is 97.2 Å². The lowest BCUT2D eigenvalue weighted by Gasteiger charge is -2.48. The van der Waals surface area contributed by atoms with E-state index in [1.165, 1.54) is 135 Å². The van der Waals surface area contributed by atoms with E-state index in [1.54, 1.807) is 6.08 Å². The van der Waals surface area contributed by atoms with Gasteiger partial charge in [-0.25, -0.2) is 0 Å². The van der Waals surface area contributed by atoms with Gasteiger partial charge in [0.25, 0.3) is 0 Å². The highest BCUT2D eigenvalue weighted by Crippen LogP contribution is 2.33. The molecule has 0 aromatic carbocycles. The van der Waals surface area contributed by atoms with Crippen LogP contribution >= 0.6 is 0 Å². The third kappa shape index (κ3) is 37.6. The maximum absolute atomic E-state index is 13.4. The van der Waals surface area contributed by atoms with Crippen molar-refractivity contribution in [2.24, 2.45) is 0 Å². The van der Waals surface area contributed by atoms with Crippen molar-refractivity contribution < 1.29 is 89.4 Å². The van der Waals surface area contributed by atoms with Crippen LogP contribution in [0.3, 0.4) is 0 Å². The molecule has 95 heavy (non-hydrogen) atoms. The monoisotopic (exact) mass is 1350 g/mol. The van der Waals surface area contributed by atoms with Crippen LogP contribution in [0.25, 0.3) is 0 Å². The van der Waals surface area contributed by atoms with E-state index in [-0.39, 0.29) is 18.9 Å². The summed E-state index contributed by atoms with van der Waals surface area (Å²) in [7, 11) is 0. The quantitative estimate of drug-likeness (QED) is 0.0199. The summed E-state index contributed by atoms with van der Waals surface area (Å²) in [4.78, 5) is 13.4. The Bertz CT molecular complexity index is 2100. The summed E-state index contributed by atoms with van der Waals surface area (Å²) in [5, 5.41) is 120. The van der Waals surface area contributed by atoms with Crippen LogP contribution in [-0.4, -0.2) is 193 Å². The van der Waals surface area contributed by atoms with Gasteiger partial charge in [-0.1, -0.05) is 246 Å². The molecule has 1 amide bonds. The van der Waals surface area contributed by atoms with Crippen LogP contribution in [0.4, 0.5) is 0 Å². The molecule has 3 aliphatic rings. The molecule has 17 atom stereocenters. The normalized spacial score (nSPS) is 27.8. The zero-order chi connectivity index (χ0) is 68.9. The molecule has 548 valence electrons. The number of allylic oxidation sites excluding steroid dienone is 15. The summed E-state index contributed by atoms with van der Waals surface area (Å²) < 4.78 is 34.3. The Kier molecular flexibility index (Phi) is 51.1. The fourth-order valence-corrected chi connectivity index (χ4v) is 11.9. The van der Waals surface area contributed by atoms with E-state index in [9.17, 15) is 61.0 Å².